The lowest BCUT2D eigenvalue weighted by Crippen LogP contribution is -2.38. The average Bonchev–Trinajstić information content (AvgIpc) is 2.72. The van der Waals surface area contributed by atoms with Crippen molar-refractivity contribution >= 4 is 0 Å². The summed E-state index contributed by atoms with van der Waals surface area (Å²) in [7, 11) is 1.76. The van der Waals surface area contributed by atoms with E-state index in [4.69, 9.17) is 0 Å². The lowest BCUT2D eigenvalue weighted by molar-refractivity contribution is 0.170. The van der Waals surface area contributed by atoms with E-state index in [2.05, 4.69) is 10.00 Å². The first-order valence-corrected chi connectivity index (χ1v) is 9.63. The molecule has 0 spiro atoms. The minimum atomic E-state index is -0.0512. The Morgan fingerprint density at radius 1 is 0.964 bits per heavy atom. The molecule has 1 fully saturated rings. The van der Waals surface area contributed by atoms with Gasteiger partial charge in [0.2, 0.25) is 0 Å². The summed E-state index contributed by atoms with van der Waals surface area (Å²) in [6.07, 6.45) is 3.55. The molecule has 0 saturated carbocycles. The summed E-state index contributed by atoms with van der Waals surface area (Å²) in [5.74, 6) is 0. The summed E-state index contributed by atoms with van der Waals surface area (Å²) in [5.41, 5.74) is 2.83. The number of hydrogen-bond donors (Lipinski definition) is 0. The van der Waals surface area contributed by atoms with Gasteiger partial charge in [0, 0.05) is 50.6 Å². The van der Waals surface area contributed by atoms with Crippen molar-refractivity contribution in [2.24, 2.45) is 7.05 Å². The zero-order chi connectivity index (χ0) is 19.5. The summed E-state index contributed by atoms with van der Waals surface area (Å²) in [4.78, 5) is 26.5. The molecule has 0 radical (unpaired) electrons. The summed E-state index contributed by atoms with van der Waals surface area (Å²) >= 11 is 0. The largest absolute Gasteiger partial charge is 0.319 e. The molecule has 28 heavy (non-hydrogen) atoms. The van der Waals surface area contributed by atoms with Crippen LogP contribution < -0.4 is 11.1 Å². The Kier molecular flexibility index (Phi) is 5.21. The summed E-state index contributed by atoms with van der Waals surface area (Å²) in [6, 6.07) is 17.1. The third-order valence-electron chi connectivity index (χ3n) is 5.37. The zero-order valence-electron chi connectivity index (χ0n) is 16.0. The van der Waals surface area contributed by atoms with E-state index in [9.17, 15) is 9.59 Å². The third-order valence-corrected chi connectivity index (χ3v) is 5.37. The first-order chi connectivity index (χ1) is 13.6. The van der Waals surface area contributed by atoms with Gasteiger partial charge in [-0.15, -0.1) is 0 Å². The molecule has 0 aliphatic carbocycles. The summed E-state index contributed by atoms with van der Waals surface area (Å²) in [6.45, 7) is 2.52. The normalized spacial score (nSPS) is 15.6. The SMILES string of the molecule is Cn1ccc(CN2CCC(n3nc(-c4ccccc4)ccc3=O)CC2)cc1=O. The van der Waals surface area contributed by atoms with Gasteiger partial charge in [0.05, 0.1) is 11.7 Å². The van der Waals surface area contributed by atoms with Gasteiger partial charge in [-0.3, -0.25) is 14.5 Å². The van der Waals surface area contributed by atoms with Crippen LogP contribution in [0.25, 0.3) is 11.3 Å². The van der Waals surface area contributed by atoms with Crippen molar-refractivity contribution in [2.75, 3.05) is 13.1 Å². The van der Waals surface area contributed by atoms with Crippen LogP contribution in [0.1, 0.15) is 24.4 Å². The van der Waals surface area contributed by atoms with Gasteiger partial charge >= 0.3 is 0 Å². The molecular weight excluding hydrogens is 352 g/mol. The standard InChI is InChI=1S/C22H24N4O2/c1-24-12-9-17(15-22(24)28)16-25-13-10-19(11-14-25)26-21(27)8-7-20(23-26)18-5-3-2-4-6-18/h2-9,12,15,19H,10-11,13-14,16H2,1H3. The number of rotatable bonds is 4. The minimum absolute atomic E-state index is 0.0147. The Labute approximate surface area is 163 Å². The van der Waals surface area contributed by atoms with Crippen molar-refractivity contribution in [3.8, 4) is 11.3 Å². The van der Waals surface area contributed by atoms with Crippen molar-refractivity contribution in [3.63, 3.8) is 0 Å². The molecule has 0 N–H and O–H groups in total. The molecule has 4 rings (SSSR count). The highest BCUT2D eigenvalue weighted by Crippen LogP contribution is 2.23. The molecule has 1 saturated heterocycles. The van der Waals surface area contributed by atoms with Crippen LogP contribution in [-0.4, -0.2) is 32.3 Å². The molecule has 3 aromatic rings. The second-order valence-corrected chi connectivity index (χ2v) is 7.36. The maximum absolute atomic E-state index is 12.4. The molecule has 0 unspecified atom stereocenters. The molecule has 6 heteroatoms. The van der Waals surface area contributed by atoms with E-state index in [1.807, 2.05) is 42.6 Å². The van der Waals surface area contributed by atoms with Crippen molar-refractivity contribution in [2.45, 2.75) is 25.4 Å². The van der Waals surface area contributed by atoms with Crippen LogP contribution in [0, 0.1) is 0 Å². The molecule has 1 aliphatic rings. The summed E-state index contributed by atoms with van der Waals surface area (Å²) < 4.78 is 3.23. The second-order valence-electron chi connectivity index (χ2n) is 7.36. The van der Waals surface area contributed by atoms with Crippen LogP contribution in [0.3, 0.4) is 0 Å². The topological polar surface area (TPSA) is 60.1 Å². The van der Waals surface area contributed by atoms with Crippen LogP contribution in [0.4, 0.5) is 0 Å². The Morgan fingerprint density at radius 2 is 1.71 bits per heavy atom. The van der Waals surface area contributed by atoms with Gasteiger partial charge in [-0.1, -0.05) is 30.3 Å². The van der Waals surface area contributed by atoms with Gasteiger partial charge in [-0.25, -0.2) is 4.68 Å². The fourth-order valence-corrected chi connectivity index (χ4v) is 3.72. The molecule has 6 nitrogen and oxygen atoms in total. The van der Waals surface area contributed by atoms with E-state index in [1.54, 1.807) is 34.5 Å². The fraction of sp³-hybridized carbons (Fsp3) is 0.318. The quantitative estimate of drug-likeness (QED) is 0.702. The van der Waals surface area contributed by atoms with Crippen LogP contribution in [-0.2, 0) is 13.6 Å². The Morgan fingerprint density at radius 3 is 2.43 bits per heavy atom. The lowest BCUT2D eigenvalue weighted by Gasteiger charge is -2.32. The van der Waals surface area contributed by atoms with Crippen molar-refractivity contribution in [1.82, 2.24) is 19.2 Å². The highest BCUT2D eigenvalue weighted by molar-refractivity contribution is 5.57. The lowest BCUT2D eigenvalue weighted by atomic mass is 10.0. The Hall–Kier alpha value is -2.99. The maximum Gasteiger partial charge on any atom is 0.267 e. The van der Waals surface area contributed by atoms with Gasteiger partial charge in [-0.2, -0.15) is 5.10 Å². The fourth-order valence-electron chi connectivity index (χ4n) is 3.72. The van der Waals surface area contributed by atoms with Crippen LogP contribution in [0.15, 0.2) is 70.4 Å². The first-order valence-electron chi connectivity index (χ1n) is 9.63. The number of likely N-dealkylation sites (tertiary alicyclic amines) is 1. The van der Waals surface area contributed by atoms with Crippen LogP contribution in [0.5, 0.6) is 0 Å². The first kappa shape index (κ1) is 18.4. The molecular formula is C22H24N4O2. The number of nitrogens with zero attached hydrogens (tertiary/aromatic N) is 4. The Bertz CT molecular complexity index is 1060. The van der Waals surface area contributed by atoms with Crippen LogP contribution in [0.2, 0.25) is 0 Å². The molecule has 0 amide bonds. The zero-order valence-corrected chi connectivity index (χ0v) is 16.0. The monoisotopic (exact) mass is 376 g/mol. The van der Waals surface area contributed by atoms with Gasteiger partial charge in [0.25, 0.3) is 11.1 Å². The highest BCUT2D eigenvalue weighted by atomic mass is 16.1. The average molecular weight is 376 g/mol. The van der Waals surface area contributed by atoms with Gasteiger partial charge in [0.15, 0.2) is 0 Å². The number of piperidine rings is 1. The van der Waals surface area contributed by atoms with Crippen LogP contribution >= 0.6 is 0 Å². The summed E-state index contributed by atoms with van der Waals surface area (Å²) in [5, 5.41) is 4.64. The number of aromatic nitrogens is 3. The third kappa shape index (κ3) is 3.97. The number of pyridine rings is 1. The second kappa shape index (κ2) is 7.94. The van der Waals surface area contributed by atoms with Crippen molar-refractivity contribution in [1.29, 1.82) is 0 Å². The van der Waals surface area contributed by atoms with E-state index in [0.29, 0.717) is 0 Å². The molecule has 1 aliphatic heterocycles. The minimum Gasteiger partial charge on any atom is -0.319 e. The smallest absolute Gasteiger partial charge is 0.267 e. The van der Waals surface area contributed by atoms with Crippen molar-refractivity contribution in [3.05, 3.63) is 87.1 Å². The number of benzene rings is 1. The van der Waals surface area contributed by atoms with E-state index in [0.717, 1.165) is 49.3 Å². The van der Waals surface area contributed by atoms with Gasteiger partial charge in [-0.05, 0) is 30.5 Å². The van der Waals surface area contributed by atoms with E-state index < -0.39 is 0 Å². The molecule has 0 bridgehead atoms. The molecule has 0 atom stereocenters. The predicted octanol–water partition coefficient (Wildman–Crippen LogP) is 2.45. The van der Waals surface area contributed by atoms with Crippen molar-refractivity contribution < 1.29 is 0 Å². The Balaban J connectivity index is 1.45. The maximum atomic E-state index is 12.4. The van der Waals surface area contributed by atoms with Gasteiger partial charge in [0.1, 0.15) is 0 Å². The predicted molar refractivity (Wildman–Crippen MR) is 109 cm³/mol. The molecule has 2 aromatic heterocycles. The number of aryl methyl sites for hydroxylation is 1. The van der Waals surface area contributed by atoms with E-state index >= 15 is 0 Å². The number of hydrogen-bond acceptors (Lipinski definition) is 4. The molecule has 144 valence electrons. The van der Waals surface area contributed by atoms with E-state index in [-0.39, 0.29) is 17.2 Å². The highest BCUT2D eigenvalue weighted by Gasteiger charge is 2.22. The molecule has 3 heterocycles. The van der Waals surface area contributed by atoms with E-state index in [1.165, 1.54) is 0 Å². The molecule has 1 aromatic carbocycles. The van der Waals surface area contributed by atoms with Gasteiger partial charge < -0.3 is 4.57 Å².